The summed E-state index contributed by atoms with van der Waals surface area (Å²) in [5.74, 6) is 0.295. The summed E-state index contributed by atoms with van der Waals surface area (Å²) in [6.07, 6.45) is 1.55. The number of carbonyl (C=O) groups is 1. The lowest BCUT2D eigenvalue weighted by Gasteiger charge is -2.46. The molecule has 3 rings (SSSR count). The van der Waals surface area contributed by atoms with E-state index in [9.17, 15) is 9.18 Å². The lowest BCUT2D eigenvalue weighted by atomic mass is 10.1. The first-order valence-electron chi connectivity index (χ1n) is 8.25. The summed E-state index contributed by atoms with van der Waals surface area (Å²) < 4.78 is 18.9. The van der Waals surface area contributed by atoms with E-state index in [0.29, 0.717) is 24.7 Å². The van der Waals surface area contributed by atoms with E-state index in [2.05, 4.69) is 23.7 Å². The van der Waals surface area contributed by atoms with Gasteiger partial charge in [0, 0.05) is 38.4 Å². The second-order valence-corrected chi connectivity index (χ2v) is 6.94. The van der Waals surface area contributed by atoms with Gasteiger partial charge in [0.15, 0.2) is 0 Å². The zero-order chi connectivity index (χ0) is 16.4. The summed E-state index contributed by atoms with van der Waals surface area (Å²) in [7, 11) is 0. The minimum atomic E-state index is -0.382. The molecule has 2 saturated heterocycles. The summed E-state index contributed by atoms with van der Waals surface area (Å²) in [5.41, 5.74) is 0.606. The summed E-state index contributed by atoms with van der Waals surface area (Å²) in [6, 6.07) is 2.91. The Morgan fingerprint density at radius 3 is 2.57 bits per heavy atom. The fourth-order valence-corrected chi connectivity index (χ4v) is 3.42. The van der Waals surface area contributed by atoms with Gasteiger partial charge in [-0.3, -0.25) is 14.7 Å². The second kappa shape index (κ2) is 6.93. The third-order valence-corrected chi connectivity index (χ3v) is 4.25. The number of pyridine rings is 1. The average molecular weight is 321 g/mol. The van der Waals surface area contributed by atoms with Crippen molar-refractivity contribution in [1.29, 1.82) is 0 Å². The maximum Gasteiger partial charge on any atom is 0.228 e. The van der Waals surface area contributed by atoms with E-state index in [1.807, 2.05) is 4.90 Å². The maximum absolute atomic E-state index is 12.9. The van der Waals surface area contributed by atoms with Gasteiger partial charge in [-0.15, -0.1) is 0 Å². The molecule has 0 aliphatic carbocycles. The summed E-state index contributed by atoms with van der Waals surface area (Å²) >= 11 is 0. The Bertz CT molecular complexity index is 535. The molecule has 5 nitrogen and oxygen atoms in total. The van der Waals surface area contributed by atoms with Crippen molar-refractivity contribution in [2.24, 2.45) is 5.92 Å². The third kappa shape index (κ3) is 4.26. The number of hydrogen-bond acceptors (Lipinski definition) is 4. The molecule has 23 heavy (non-hydrogen) atoms. The molecule has 6 heteroatoms. The summed E-state index contributed by atoms with van der Waals surface area (Å²) in [6.45, 7) is 8.54. The Labute approximate surface area is 136 Å². The normalized spacial score (nSPS) is 25.0. The van der Waals surface area contributed by atoms with Crippen molar-refractivity contribution in [3.8, 4) is 0 Å². The highest BCUT2D eigenvalue weighted by Crippen LogP contribution is 2.20. The molecule has 1 aromatic rings. The predicted molar refractivity (Wildman–Crippen MR) is 84.4 cm³/mol. The first-order valence-corrected chi connectivity index (χ1v) is 8.25. The number of hydrogen-bond donors (Lipinski definition) is 0. The van der Waals surface area contributed by atoms with Crippen molar-refractivity contribution in [2.45, 2.75) is 32.5 Å². The number of rotatable bonds is 4. The van der Waals surface area contributed by atoms with Crippen LogP contribution < -0.4 is 0 Å². The molecule has 3 heterocycles. The number of carbonyl (C=O) groups excluding carboxylic acids is 1. The number of halogens is 1. The molecule has 2 aliphatic heterocycles. The smallest absolute Gasteiger partial charge is 0.228 e. The van der Waals surface area contributed by atoms with E-state index in [1.165, 1.54) is 6.07 Å². The van der Waals surface area contributed by atoms with E-state index < -0.39 is 0 Å². The fourth-order valence-electron chi connectivity index (χ4n) is 3.42. The second-order valence-electron chi connectivity index (χ2n) is 6.94. The monoisotopic (exact) mass is 321 g/mol. The predicted octanol–water partition coefficient (Wildman–Crippen LogP) is 1.33. The molecule has 126 valence electrons. The van der Waals surface area contributed by atoms with E-state index in [0.717, 1.165) is 25.8 Å². The molecular weight excluding hydrogens is 297 g/mol. The van der Waals surface area contributed by atoms with Crippen LogP contribution in [0, 0.1) is 11.7 Å². The van der Waals surface area contributed by atoms with Gasteiger partial charge in [0.1, 0.15) is 5.82 Å². The topological polar surface area (TPSA) is 45.7 Å². The van der Waals surface area contributed by atoms with Crippen molar-refractivity contribution < 1.29 is 13.9 Å². The van der Waals surface area contributed by atoms with Gasteiger partial charge in [-0.1, -0.05) is 13.8 Å². The molecule has 2 unspecified atom stereocenters. The van der Waals surface area contributed by atoms with Crippen molar-refractivity contribution >= 4 is 5.91 Å². The molecule has 2 aliphatic rings. The highest BCUT2D eigenvalue weighted by atomic mass is 19.1. The number of aromatic nitrogens is 1. The SMILES string of the molecule is CC(C)CN1CC2CN(C(=O)Cc3ccc(F)cn3)CC(C1)O2. The zero-order valence-corrected chi connectivity index (χ0v) is 13.7. The van der Waals surface area contributed by atoms with Gasteiger partial charge >= 0.3 is 0 Å². The van der Waals surface area contributed by atoms with Gasteiger partial charge in [0.05, 0.1) is 24.8 Å². The number of nitrogens with zero attached hydrogens (tertiary/aromatic N) is 3. The molecule has 0 N–H and O–H groups in total. The van der Waals surface area contributed by atoms with Crippen molar-refractivity contribution in [1.82, 2.24) is 14.8 Å². The Hall–Kier alpha value is -1.53. The molecule has 2 bridgehead atoms. The van der Waals surface area contributed by atoms with Gasteiger partial charge in [0.2, 0.25) is 5.91 Å². The Kier molecular flexibility index (Phi) is 4.92. The van der Waals surface area contributed by atoms with Gasteiger partial charge in [-0.05, 0) is 18.1 Å². The average Bonchev–Trinajstić information content (AvgIpc) is 2.48. The van der Waals surface area contributed by atoms with Crippen LogP contribution in [0.4, 0.5) is 4.39 Å². The molecular formula is C17H24FN3O2. The highest BCUT2D eigenvalue weighted by molar-refractivity contribution is 5.78. The number of ether oxygens (including phenoxy) is 1. The molecule has 0 radical (unpaired) electrons. The van der Waals surface area contributed by atoms with Crippen LogP contribution in [0.15, 0.2) is 18.3 Å². The van der Waals surface area contributed by atoms with Gasteiger partial charge in [-0.25, -0.2) is 4.39 Å². The Morgan fingerprint density at radius 2 is 2.00 bits per heavy atom. The van der Waals surface area contributed by atoms with Crippen molar-refractivity contribution in [2.75, 3.05) is 32.7 Å². The van der Waals surface area contributed by atoms with Crippen LogP contribution in [0.1, 0.15) is 19.5 Å². The Morgan fingerprint density at radius 1 is 1.30 bits per heavy atom. The van der Waals surface area contributed by atoms with Gasteiger partial charge in [-0.2, -0.15) is 0 Å². The molecule has 2 atom stereocenters. The Balaban J connectivity index is 1.56. The lowest BCUT2D eigenvalue weighted by Crippen LogP contribution is -2.61. The molecule has 1 amide bonds. The van der Waals surface area contributed by atoms with E-state index in [1.54, 1.807) is 6.07 Å². The van der Waals surface area contributed by atoms with Gasteiger partial charge in [0.25, 0.3) is 0 Å². The van der Waals surface area contributed by atoms with E-state index in [4.69, 9.17) is 4.74 Å². The zero-order valence-electron chi connectivity index (χ0n) is 13.7. The van der Waals surface area contributed by atoms with Gasteiger partial charge < -0.3 is 9.64 Å². The van der Waals surface area contributed by atoms with E-state index in [-0.39, 0.29) is 30.4 Å². The molecule has 0 aromatic carbocycles. The molecule has 0 saturated carbocycles. The van der Waals surface area contributed by atoms with E-state index >= 15 is 0 Å². The van der Waals surface area contributed by atoms with Crippen molar-refractivity contribution in [3.63, 3.8) is 0 Å². The molecule has 2 fully saturated rings. The fraction of sp³-hybridized carbons (Fsp3) is 0.647. The van der Waals surface area contributed by atoms with Crippen LogP contribution in [-0.2, 0) is 16.0 Å². The third-order valence-electron chi connectivity index (χ3n) is 4.25. The minimum Gasteiger partial charge on any atom is -0.369 e. The summed E-state index contributed by atoms with van der Waals surface area (Å²) in [4.78, 5) is 20.7. The quantitative estimate of drug-likeness (QED) is 0.839. The van der Waals surface area contributed by atoms with Crippen LogP contribution in [0.3, 0.4) is 0 Å². The first kappa shape index (κ1) is 16.3. The number of morpholine rings is 2. The number of fused-ring (bicyclic) bond motifs is 2. The number of amides is 1. The molecule has 1 aromatic heterocycles. The van der Waals surface area contributed by atoms with Crippen molar-refractivity contribution in [3.05, 3.63) is 29.8 Å². The lowest BCUT2D eigenvalue weighted by molar-refractivity contribution is -0.160. The molecule has 0 spiro atoms. The van der Waals surface area contributed by atoms with Crippen LogP contribution in [0.25, 0.3) is 0 Å². The minimum absolute atomic E-state index is 0.0414. The van der Waals surface area contributed by atoms with Crippen LogP contribution in [0.5, 0.6) is 0 Å². The largest absolute Gasteiger partial charge is 0.369 e. The standard InChI is InChI=1S/C17H24FN3O2/c1-12(2)7-20-8-15-10-21(11-16(9-20)23-15)17(22)5-14-4-3-13(18)6-19-14/h3-4,6,12,15-16H,5,7-11H2,1-2H3. The summed E-state index contributed by atoms with van der Waals surface area (Å²) in [5, 5.41) is 0. The highest BCUT2D eigenvalue weighted by Gasteiger charge is 2.36. The maximum atomic E-state index is 12.9. The van der Waals surface area contributed by atoms with Crippen LogP contribution in [-0.4, -0.2) is 65.6 Å². The van der Waals surface area contributed by atoms with Crippen LogP contribution in [0.2, 0.25) is 0 Å². The van der Waals surface area contributed by atoms with Crippen LogP contribution >= 0.6 is 0 Å². The first-order chi connectivity index (χ1) is 11.0.